The first kappa shape index (κ1) is 25.9. The number of ether oxygens (including phenoxy) is 1. The van der Waals surface area contributed by atoms with Crippen LogP contribution in [0.1, 0.15) is 44.0 Å². The molecule has 0 aliphatic carbocycles. The van der Waals surface area contributed by atoms with E-state index in [0.29, 0.717) is 29.4 Å². The van der Waals surface area contributed by atoms with Gasteiger partial charge in [-0.25, -0.2) is 14.5 Å². The van der Waals surface area contributed by atoms with Crippen LogP contribution in [0.15, 0.2) is 55.1 Å². The lowest BCUT2D eigenvalue weighted by molar-refractivity contribution is 0.0783. The Balaban J connectivity index is 1.49. The molecular formula is C29H35N7O2. The summed E-state index contributed by atoms with van der Waals surface area (Å²) in [6.45, 7) is 9.97. The van der Waals surface area contributed by atoms with Crippen molar-refractivity contribution in [3.05, 3.63) is 60.7 Å². The van der Waals surface area contributed by atoms with Gasteiger partial charge in [0.05, 0.1) is 29.3 Å². The fourth-order valence-electron chi connectivity index (χ4n) is 5.00. The first-order valence-corrected chi connectivity index (χ1v) is 13.3. The fraction of sp³-hybridized carbons (Fsp3) is 0.414. The summed E-state index contributed by atoms with van der Waals surface area (Å²) in [5, 5.41) is 4.51. The van der Waals surface area contributed by atoms with Crippen molar-refractivity contribution in [2.45, 2.75) is 45.8 Å². The minimum atomic E-state index is 0.125. The van der Waals surface area contributed by atoms with Crippen molar-refractivity contribution in [1.29, 1.82) is 0 Å². The maximum Gasteiger partial charge on any atom is 0.164 e. The van der Waals surface area contributed by atoms with Crippen molar-refractivity contribution in [2.75, 3.05) is 38.2 Å². The van der Waals surface area contributed by atoms with Gasteiger partial charge in [0.1, 0.15) is 5.82 Å². The third kappa shape index (κ3) is 5.30. The number of pyridine rings is 2. The van der Waals surface area contributed by atoms with Gasteiger partial charge in [0.15, 0.2) is 11.4 Å². The molecule has 1 fully saturated rings. The predicted molar refractivity (Wildman–Crippen MR) is 148 cm³/mol. The molecule has 4 aromatic heterocycles. The summed E-state index contributed by atoms with van der Waals surface area (Å²) in [6, 6.07) is 9.95. The third-order valence-electron chi connectivity index (χ3n) is 7.49. The van der Waals surface area contributed by atoms with Gasteiger partial charge in [-0.1, -0.05) is 13.8 Å². The van der Waals surface area contributed by atoms with Crippen LogP contribution in [0, 0.1) is 0 Å². The van der Waals surface area contributed by atoms with Crippen LogP contribution < -0.4 is 4.90 Å². The minimum Gasteiger partial charge on any atom is -0.378 e. The van der Waals surface area contributed by atoms with E-state index in [1.54, 1.807) is 30.2 Å². The minimum absolute atomic E-state index is 0.125. The van der Waals surface area contributed by atoms with Gasteiger partial charge in [-0.2, -0.15) is 5.10 Å². The second kappa shape index (κ2) is 11.4. The number of hydrogen-bond donors (Lipinski definition) is 0. The van der Waals surface area contributed by atoms with Gasteiger partial charge >= 0.3 is 0 Å². The van der Waals surface area contributed by atoms with Gasteiger partial charge in [-0.15, -0.1) is 0 Å². The summed E-state index contributed by atoms with van der Waals surface area (Å²) in [4.78, 5) is 31.9. The van der Waals surface area contributed by atoms with E-state index in [2.05, 4.69) is 40.7 Å². The van der Waals surface area contributed by atoms with Gasteiger partial charge in [0.25, 0.3) is 0 Å². The zero-order chi connectivity index (χ0) is 26.6. The Morgan fingerprint density at radius 1 is 1.11 bits per heavy atom. The molecule has 0 amide bonds. The molecule has 0 unspecified atom stereocenters. The van der Waals surface area contributed by atoms with Crippen LogP contribution in [0.4, 0.5) is 5.82 Å². The second-order valence-electron chi connectivity index (χ2n) is 9.77. The molecule has 0 bridgehead atoms. The highest BCUT2D eigenvalue weighted by atomic mass is 16.5. The quantitative estimate of drug-likeness (QED) is 0.273. The molecule has 5 rings (SSSR count). The predicted octanol–water partition coefficient (Wildman–Crippen LogP) is 4.38. The lowest BCUT2D eigenvalue weighted by atomic mass is 10.0. The highest BCUT2D eigenvalue weighted by Gasteiger charge is 2.29. The Labute approximate surface area is 223 Å². The van der Waals surface area contributed by atoms with E-state index in [9.17, 15) is 4.79 Å². The Morgan fingerprint density at radius 3 is 2.58 bits per heavy atom. The first-order valence-electron chi connectivity index (χ1n) is 13.3. The summed E-state index contributed by atoms with van der Waals surface area (Å²) >= 11 is 0. The average Bonchev–Trinajstić information content (AvgIpc) is 3.35. The lowest BCUT2D eigenvalue weighted by Gasteiger charge is -2.39. The molecule has 4 aromatic rings. The molecule has 0 radical (unpaired) electrons. The number of carbonyl (C=O) groups is 1. The summed E-state index contributed by atoms with van der Waals surface area (Å²) in [5.74, 6) is 0.903. The molecule has 0 spiro atoms. The van der Waals surface area contributed by atoms with Gasteiger partial charge in [-0.05, 0) is 56.8 Å². The number of ketones is 1. The van der Waals surface area contributed by atoms with Crippen LogP contribution in [-0.2, 0) is 4.74 Å². The molecule has 0 N–H and O–H groups in total. The molecule has 38 heavy (non-hydrogen) atoms. The summed E-state index contributed by atoms with van der Waals surface area (Å²) in [6.07, 6.45) is 8.65. The van der Waals surface area contributed by atoms with Crippen molar-refractivity contribution in [3.63, 3.8) is 0 Å². The normalized spacial score (nSPS) is 14.7. The molecular weight excluding hydrogens is 478 g/mol. The molecule has 1 aliphatic rings. The maximum absolute atomic E-state index is 13.4. The molecule has 9 nitrogen and oxygen atoms in total. The fourth-order valence-corrected chi connectivity index (χ4v) is 5.00. The van der Waals surface area contributed by atoms with Crippen LogP contribution in [0.3, 0.4) is 0 Å². The van der Waals surface area contributed by atoms with E-state index < -0.39 is 0 Å². The van der Waals surface area contributed by atoms with Gasteiger partial charge < -0.3 is 14.5 Å². The standard InChI is InChI=1S/C29H35N7O2/c1-5-34(6-2)20(3)7-8-27(37)22-15-26(32-28(16-22)35-18-23(19-35)38-4)24-17-31-36-14-11-25(33-29(24)36)21-9-12-30-13-10-21/h9-17,20,23H,5-8,18-19H2,1-4H3/t20-/m0/s1. The summed E-state index contributed by atoms with van der Waals surface area (Å²) in [7, 11) is 1.73. The number of rotatable bonds is 11. The Hall–Kier alpha value is -3.69. The van der Waals surface area contributed by atoms with E-state index in [1.807, 2.05) is 36.5 Å². The number of aromatic nitrogens is 5. The van der Waals surface area contributed by atoms with Crippen molar-refractivity contribution < 1.29 is 9.53 Å². The van der Waals surface area contributed by atoms with E-state index in [0.717, 1.165) is 55.2 Å². The Bertz CT molecular complexity index is 1390. The van der Waals surface area contributed by atoms with Crippen molar-refractivity contribution in [1.82, 2.24) is 29.5 Å². The highest BCUT2D eigenvalue weighted by Crippen LogP contribution is 2.30. The monoisotopic (exact) mass is 513 g/mol. The van der Waals surface area contributed by atoms with Crippen molar-refractivity contribution in [3.8, 4) is 22.5 Å². The summed E-state index contributed by atoms with van der Waals surface area (Å²) < 4.78 is 7.21. The van der Waals surface area contributed by atoms with Gasteiger partial charge in [0, 0.05) is 62.4 Å². The van der Waals surface area contributed by atoms with Crippen LogP contribution in [-0.4, -0.2) is 80.7 Å². The number of carbonyl (C=O) groups excluding carboxylic acids is 1. The van der Waals surface area contributed by atoms with E-state index in [1.165, 1.54) is 0 Å². The molecule has 1 saturated heterocycles. The molecule has 0 aromatic carbocycles. The highest BCUT2D eigenvalue weighted by molar-refractivity contribution is 5.98. The SMILES string of the molecule is CCN(CC)[C@@H](C)CCC(=O)c1cc(-c2cnn3ccc(-c4ccncc4)nc23)nc(N2CC(OC)C2)c1. The molecule has 5 heterocycles. The molecule has 198 valence electrons. The average molecular weight is 514 g/mol. The zero-order valence-electron chi connectivity index (χ0n) is 22.5. The van der Waals surface area contributed by atoms with Gasteiger partial charge in [-0.3, -0.25) is 9.78 Å². The summed E-state index contributed by atoms with van der Waals surface area (Å²) in [5.41, 5.74) is 4.64. The molecule has 1 atom stereocenters. The molecule has 0 saturated carbocycles. The largest absolute Gasteiger partial charge is 0.378 e. The van der Waals surface area contributed by atoms with E-state index >= 15 is 0 Å². The van der Waals surface area contributed by atoms with Crippen LogP contribution >= 0.6 is 0 Å². The van der Waals surface area contributed by atoms with E-state index in [-0.39, 0.29) is 11.9 Å². The van der Waals surface area contributed by atoms with Crippen LogP contribution in [0.2, 0.25) is 0 Å². The van der Waals surface area contributed by atoms with E-state index in [4.69, 9.17) is 14.7 Å². The van der Waals surface area contributed by atoms with Crippen molar-refractivity contribution in [2.24, 2.45) is 0 Å². The first-order chi connectivity index (χ1) is 18.5. The number of fused-ring (bicyclic) bond motifs is 1. The number of methoxy groups -OCH3 is 1. The third-order valence-corrected chi connectivity index (χ3v) is 7.49. The molecule has 1 aliphatic heterocycles. The number of hydrogen-bond acceptors (Lipinski definition) is 8. The topological polar surface area (TPSA) is 88.8 Å². The Morgan fingerprint density at radius 2 is 1.87 bits per heavy atom. The smallest absolute Gasteiger partial charge is 0.164 e. The van der Waals surface area contributed by atoms with Crippen LogP contribution in [0.25, 0.3) is 28.2 Å². The van der Waals surface area contributed by atoms with Crippen molar-refractivity contribution >= 4 is 17.2 Å². The maximum atomic E-state index is 13.4. The lowest BCUT2D eigenvalue weighted by Crippen LogP contribution is -2.52. The number of Topliss-reactive ketones (excluding diaryl/α,β-unsaturated/α-hetero) is 1. The Kier molecular flexibility index (Phi) is 7.76. The number of nitrogens with zero attached hydrogens (tertiary/aromatic N) is 7. The number of anilines is 1. The van der Waals surface area contributed by atoms with Gasteiger partial charge in [0.2, 0.25) is 0 Å². The van der Waals surface area contributed by atoms with Crippen LogP contribution in [0.5, 0.6) is 0 Å². The second-order valence-corrected chi connectivity index (χ2v) is 9.77. The zero-order valence-corrected chi connectivity index (χ0v) is 22.5. The molecule has 9 heteroatoms.